The molecular formula is C14H19NO3. The molecule has 1 N–H and O–H groups in total. The molecule has 1 aliphatic carbocycles. The van der Waals surface area contributed by atoms with Crippen LogP contribution in [0.5, 0.6) is 5.75 Å². The fourth-order valence-corrected chi connectivity index (χ4v) is 2.83. The Hall–Kier alpha value is -1.58. The highest BCUT2D eigenvalue weighted by Gasteiger charge is 2.36. The van der Waals surface area contributed by atoms with Crippen LogP contribution in [0.4, 0.5) is 0 Å². The van der Waals surface area contributed by atoms with Crippen LogP contribution >= 0.6 is 0 Å². The number of nitrogens with zero attached hydrogens (tertiary/aromatic N) is 1. The molecule has 0 aliphatic heterocycles. The first-order valence-electron chi connectivity index (χ1n) is 6.35. The van der Waals surface area contributed by atoms with E-state index >= 15 is 0 Å². The number of aromatic nitrogens is 1. The van der Waals surface area contributed by atoms with Gasteiger partial charge in [-0.15, -0.1) is 0 Å². The van der Waals surface area contributed by atoms with E-state index in [0.717, 1.165) is 25.0 Å². The van der Waals surface area contributed by atoms with E-state index in [1.165, 1.54) is 0 Å². The minimum absolute atomic E-state index is 0.0394. The van der Waals surface area contributed by atoms with Crippen LogP contribution in [-0.2, 0) is 4.79 Å². The SMILES string of the molecule is COc1cccnc1C1CC(C)CCC1C(=O)O. The largest absolute Gasteiger partial charge is 0.495 e. The molecular weight excluding hydrogens is 230 g/mol. The molecule has 4 nitrogen and oxygen atoms in total. The molecule has 4 heteroatoms. The van der Waals surface area contributed by atoms with Gasteiger partial charge in [-0.1, -0.05) is 6.92 Å². The van der Waals surface area contributed by atoms with Crippen molar-refractivity contribution in [2.24, 2.45) is 11.8 Å². The molecule has 1 saturated carbocycles. The monoisotopic (exact) mass is 249 g/mol. The van der Waals surface area contributed by atoms with Crippen LogP contribution in [0, 0.1) is 11.8 Å². The smallest absolute Gasteiger partial charge is 0.307 e. The van der Waals surface area contributed by atoms with Gasteiger partial charge in [-0.3, -0.25) is 9.78 Å². The molecule has 1 heterocycles. The Morgan fingerprint density at radius 1 is 1.50 bits per heavy atom. The van der Waals surface area contributed by atoms with Crippen molar-refractivity contribution in [1.29, 1.82) is 0 Å². The van der Waals surface area contributed by atoms with Crippen molar-refractivity contribution < 1.29 is 14.6 Å². The summed E-state index contributed by atoms with van der Waals surface area (Å²) in [6, 6.07) is 3.66. The van der Waals surface area contributed by atoms with Crippen molar-refractivity contribution in [3.8, 4) is 5.75 Å². The molecule has 3 atom stereocenters. The molecule has 1 aromatic heterocycles. The molecule has 0 spiro atoms. The zero-order valence-electron chi connectivity index (χ0n) is 10.8. The maximum Gasteiger partial charge on any atom is 0.307 e. The lowest BCUT2D eigenvalue weighted by Gasteiger charge is -2.32. The number of hydrogen-bond donors (Lipinski definition) is 1. The van der Waals surface area contributed by atoms with Gasteiger partial charge in [0.05, 0.1) is 18.7 Å². The topological polar surface area (TPSA) is 59.4 Å². The summed E-state index contributed by atoms with van der Waals surface area (Å²) < 4.78 is 5.31. The molecule has 0 bridgehead atoms. The standard InChI is InChI=1S/C14H19NO3/c1-9-5-6-10(14(16)17)11(8-9)13-12(18-2)4-3-7-15-13/h3-4,7,9-11H,5-6,8H2,1-2H3,(H,16,17). The summed E-state index contributed by atoms with van der Waals surface area (Å²) in [7, 11) is 1.60. The number of methoxy groups -OCH3 is 1. The van der Waals surface area contributed by atoms with Crippen molar-refractivity contribution in [3.05, 3.63) is 24.0 Å². The second kappa shape index (κ2) is 5.38. The normalized spacial score (nSPS) is 27.8. The van der Waals surface area contributed by atoms with E-state index in [0.29, 0.717) is 11.7 Å². The Morgan fingerprint density at radius 3 is 2.94 bits per heavy atom. The Labute approximate surface area is 107 Å². The molecule has 1 fully saturated rings. The van der Waals surface area contributed by atoms with Gasteiger partial charge in [0, 0.05) is 12.1 Å². The highest BCUT2D eigenvalue weighted by atomic mass is 16.5. The average molecular weight is 249 g/mol. The lowest BCUT2D eigenvalue weighted by Crippen LogP contribution is -2.29. The number of hydrogen-bond acceptors (Lipinski definition) is 3. The first kappa shape index (κ1) is 12.9. The van der Waals surface area contributed by atoms with Gasteiger partial charge in [0.15, 0.2) is 0 Å². The zero-order valence-corrected chi connectivity index (χ0v) is 10.8. The average Bonchev–Trinajstić information content (AvgIpc) is 2.38. The molecule has 2 rings (SSSR count). The lowest BCUT2D eigenvalue weighted by atomic mass is 9.73. The quantitative estimate of drug-likeness (QED) is 0.894. The Bertz CT molecular complexity index is 433. The Kier molecular flexibility index (Phi) is 3.84. The molecule has 98 valence electrons. The van der Waals surface area contributed by atoms with Gasteiger partial charge in [-0.05, 0) is 37.3 Å². The van der Waals surface area contributed by atoms with Gasteiger partial charge in [0.25, 0.3) is 0 Å². The van der Waals surface area contributed by atoms with Crippen LogP contribution < -0.4 is 4.74 Å². The van der Waals surface area contributed by atoms with Crippen LogP contribution in [0.25, 0.3) is 0 Å². The summed E-state index contributed by atoms with van der Waals surface area (Å²) in [5, 5.41) is 9.35. The summed E-state index contributed by atoms with van der Waals surface area (Å²) >= 11 is 0. The minimum Gasteiger partial charge on any atom is -0.495 e. The van der Waals surface area contributed by atoms with E-state index in [4.69, 9.17) is 4.74 Å². The lowest BCUT2D eigenvalue weighted by molar-refractivity contribution is -0.143. The number of ether oxygens (including phenoxy) is 1. The predicted octanol–water partition coefficient (Wildman–Crippen LogP) is 2.69. The first-order chi connectivity index (χ1) is 8.63. The molecule has 1 aliphatic rings. The molecule has 3 unspecified atom stereocenters. The molecule has 0 amide bonds. The van der Waals surface area contributed by atoms with Gasteiger partial charge < -0.3 is 9.84 Å². The highest BCUT2D eigenvalue weighted by molar-refractivity contribution is 5.71. The van der Waals surface area contributed by atoms with Crippen molar-refractivity contribution in [2.75, 3.05) is 7.11 Å². The fourth-order valence-electron chi connectivity index (χ4n) is 2.83. The van der Waals surface area contributed by atoms with E-state index in [-0.39, 0.29) is 11.8 Å². The summed E-state index contributed by atoms with van der Waals surface area (Å²) in [5.74, 6) is 0.132. The minimum atomic E-state index is -0.723. The number of aliphatic carboxylic acids is 1. The molecule has 0 aromatic carbocycles. The molecule has 0 saturated heterocycles. The predicted molar refractivity (Wildman–Crippen MR) is 67.7 cm³/mol. The van der Waals surface area contributed by atoms with E-state index in [9.17, 15) is 9.90 Å². The Morgan fingerprint density at radius 2 is 2.28 bits per heavy atom. The summed E-state index contributed by atoms with van der Waals surface area (Å²) in [6.45, 7) is 2.17. The van der Waals surface area contributed by atoms with Gasteiger partial charge in [-0.25, -0.2) is 0 Å². The summed E-state index contributed by atoms with van der Waals surface area (Å²) in [6.07, 6.45) is 4.27. The van der Waals surface area contributed by atoms with E-state index in [1.54, 1.807) is 13.3 Å². The van der Waals surface area contributed by atoms with Crippen LogP contribution in [-0.4, -0.2) is 23.2 Å². The van der Waals surface area contributed by atoms with Crippen LogP contribution in [0.1, 0.15) is 37.8 Å². The summed E-state index contributed by atoms with van der Waals surface area (Å²) in [4.78, 5) is 15.7. The third kappa shape index (κ3) is 2.47. The van der Waals surface area contributed by atoms with Crippen LogP contribution in [0.3, 0.4) is 0 Å². The van der Waals surface area contributed by atoms with E-state index in [1.807, 2.05) is 12.1 Å². The van der Waals surface area contributed by atoms with Gasteiger partial charge in [0.2, 0.25) is 0 Å². The van der Waals surface area contributed by atoms with Crippen LogP contribution in [0.2, 0.25) is 0 Å². The number of carboxylic acids is 1. The van der Waals surface area contributed by atoms with Crippen molar-refractivity contribution in [3.63, 3.8) is 0 Å². The van der Waals surface area contributed by atoms with Crippen molar-refractivity contribution in [1.82, 2.24) is 4.98 Å². The number of rotatable bonds is 3. The fraction of sp³-hybridized carbons (Fsp3) is 0.571. The Balaban J connectivity index is 2.34. The number of pyridine rings is 1. The van der Waals surface area contributed by atoms with Crippen molar-refractivity contribution in [2.45, 2.75) is 32.1 Å². The van der Waals surface area contributed by atoms with E-state index in [2.05, 4.69) is 11.9 Å². The van der Waals surface area contributed by atoms with Crippen LogP contribution in [0.15, 0.2) is 18.3 Å². The highest BCUT2D eigenvalue weighted by Crippen LogP contribution is 2.42. The number of carbonyl (C=O) groups is 1. The van der Waals surface area contributed by atoms with Gasteiger partial charge >= 0.3 is 5.97 Å². The van der Waals surface area contributed by atoms with Crippen molar-refractivity contribution >= 4 is 5.97 Å². The zero-order chi connectivity index (χ0) is 13.1. The first-order valence-corrected chi connectivity index (χ1v) is 6.35. The maximum absolute atomic E-state index is 11.4. The van der Waals surface area contributed by atoms with E-state index < -0.39 is 5.97 Å². The molecule has 18 heavy (non-hydrogen) atoms. The maximum atomic E-state index is 11.4. The number of carboxylic acid groups (broad SMARTS) is 1. The molecule has 0 radical (unpaired) electrons. The third-order valence-corrected chi connectivity index (χ3v) is 3.80. The van der Waals surface area contributed by atoms with Gasteiger partial charge in [0.1, 0.15) is 5.75 Å². The molecule has 1 aromatic rings. The second-order valence-electron chi connectivity index (χ2n) is 5.06. The van der Waals surface area contributed by atoms with Gasteiger partial charge in [-0.2, -0.15) is 0 Å². The second-order valence-corrected chi connectivity index (χ2v) is 5.06. The summed E-state index contributed by atoms with van der Waals surface area (Å²) in [5.41, 5.74) is 0.791. The third-order valence-electron chi connectivity index (χ3n) is 3.80.